The third kappa shape index (κ3) is 8.51. The molecule has 2 aromatic heterocycles. The third-order valence-corrected chi connectivity index (χ3v) is 13.1. The highest BCUT2D eigenvalue weighted by molar-refractivity contribution is 6.73. The minimum Gasteiger partial charge on any atom is -0.487 e. The van der Waals surface area contributed by atoms with Crippen LogP contribution in [0.3, 0.4) is 0 Å². The zero-order valence-electron chi connectivity index (χ0n) is 27.4. The Morgan fingerprint density at radius 1 is 0.977 bits per heavy atom. The molecule has 1 amide bonds. The number of carbonyl (C=O) groups is 1. The van der Waals surface area contributed by atoms with Crippen LogP contribution in [0.5, 0.6) is 5.75 Å². The van der Waals surface area contributed by atoms with Crippen LogP contribution in [0.4, 0.5) is 4.79 Å². The topological polar surface area (TPSA) is 76.7 Å². The van der Waals surface area contributed by atoms with Crippen LogP contribution in [0, 0.1) is 0 Å². The number of ether oxygens (including phenoxy) is 2. The van der Waals surface area contributed by atoms with Crippen LogP contribution in [-0.4, -0.2) is 47.5 Å². The smallest absolute Gasteiger partial charge is 0.410 e. The second-order valence-electron chi connectivity index (χ2n) is 12.6. The first-order valence-electron chi connectivity index (χ1n) is 15.9. The summed E-state index contributed by atoms with van der Waals surface area (Å²) in [6.45, 7) is 15.3. The van der Waals surface area contributed by atoms with Crippen molar-refractivity contribution in [2.75, 3.05) is 6.54 Å². The maximum absolute atomic E-state index is 13.8. The highest BCUT2D eigenvalue weighted by atomic mass is 28.4. The highest BCUT2D eigenvalue weighted by Gasteiger charge is 2.36. The molecule has 0 saturated carbocycles. The van der Waals surface area contributed by atoms with E-state index in [9.17, 15) is 4.79 Å². The molecule has 0 bridgehead atoms. The Balaban J connectivity index is 1.62. The normalized spacial score (nSPS) is 13.4. The molecular weight excluding hydrogens is 566 g/mol. The van der Waals surface area contributed by atoms with E-state index in [0.717, 1.165) is 51.5 Å². The lowest BCUT2D eigenvalue weighted by Crippen LogP contribution is -2.47. The van der Waals surface area contributed by atoms with Crippen LogP contribution in [0.25, 0.3) is 10.9 Å². The molecule has 8 heteroatoms. The lowest BCUT2D eigenvalue weighted by atomic mass is 10.0. The molecule has 0 fully saturated rings. The van der Waals surface area contributed by atoms with E-state index in [1.807, 2.05) is 80.5 Å². The predicted octanol–water partition coefficient (Wildman–Crippen LogP) is 9.07. The SMILES string of the molecule is CC[Si](CC)(CC)O[C@@H](CN(C(=O)OC(C)(C)C)[C@H](C)Cc1c[nH]c2c(OCc3ccccc3)cccc12)c1cccnc1. The zero-order valence-corrected chi connectivity index (χ0v) is 28.4. The number of nitrogens with zero attached hydrogens (tertiary/aromatic N) is 2. The number of rotatable bonds is 14. The van der Waals surface area contributed by atoms with E-state index in [4.69, 9.17) is 13.9 Å². The molecule has 0 saturated heterocycles. The van der Waals surface area contributed by atoms with Gasteiger partial charge in [0.25, 0.3) is 0 Å². The monoisotopic (exact) mass is 615 g/mol. The van der Waals surface area contributed by atoms with Crippen molar-refractivity contribution in [2.45, 2.75) is 97.4 Å². The van der Waals surface area contributed by atoms with E-state index < -0.39 is 13.9 Å². The van der Waals surface area contributed by atoms with Crippen molar-refractivity contribution >= 4 is 25.3 Å². The van der Waals surface area contributed by atoms with Gasteiger partial charge in [-0.25, -0.2) is 4.79 Å². The Bertz CT molecular complexity index is 1460. The molecule has 2 heterocycles. The molecule has 236 valence electrons. The van der Waals surface area contributed by atoms with Gasteiger partial charge in [0.05, 0.1) is 18.2 Å². The number of para-hydroxylation sites is 1. The number of pyridine rings is 1. The molecule has 0 radical (unpaired) electrons. The summed E-state index contributed by atoms with van der Waals surface area (Å²) in [6.07, 6.45) is 5.66. The van der Waals surface area contributed by atoms with Crippen molar-refractivity contribution in [1.29, 1.82) is 0 Å². The molecule has 1 N–H and O–H groups in total. The largest absolute Gasteiger partial charge is 0.487 e. The Morgan fingerprint density at radius 2 is 1.70 bits per heavy atom. The van der Waals surface area contributed by atoms with Crippen LogP contribution < -0.4 is 4.74 Å². The summed E-state index contributed by atoms with van der Waals surface area (Å²) in [6, 6.07) is 23.1. The first-order valence-corrected chi connectivity index (χ1v) is 18.4. The van der Waals surface area contributed by atoms with E-state index in [2.05, 4.69) is 55.9 Å². The first-order chi connectivity index (χ1) is 21.1. The quantitative estimate of drug-likeness (QED) is 0.143. The van der Waals surface area contributed by atoms with Crippen LogP contribution >= 0.6 is 0 Å². The Kier molecular flexibility index (Phi) is 11.3. The van der Waals surface area contributed by atoms with Gasteiger partial charge in [-0.15, -0.1) is 0 Å². The van der Waals surface area contributed by atoms with Crippen LogP contribution in [0.15, 0.2) is 79.3 Å². The summed E-state index contributed by atoms with van der Waals surface area (Å²) in [5.41, 5.74) is 3.54. The number of H-pyrrole nitrogens is 1. The Hall–Kier alpha value is -3.62. The number of hydrogen-bond acceptors (Lipinski definition) is 5. The molecule has 4 rings (SSSR count). The van der Waals surface area contributed by atoms with Crippen molar-refractivity contribution in [3.63, 3.8) is 0 Å². The highest BCUT2D eigenvalue weighted by Crippen LogP contribution is 2.33. The van der Waals surface area contributed by atoms with Gasteiger partial charge in [0.2, 0.25) is 0 Å². The molecule has 7 nitrogen and oxygen atoms in total. The van der Waals surface area contributed by atoms with Crippen molar-refractivity contribution in [1.82, 2.24) is 14.9 Å². The van der Waals surface area contributed by atoms with Gasteiger partial charge in [0.1, 0.15) is 18.0 Å². The second kappa shape index (κ2) is 14.9. The zero-order chi connectivity index (χ0) is 31.7. The third-order valence-electron chi connectivity index (χ3n) is 8.42. The maximum atomic E-state index is 13.8. The van der Waals surface area contributed by atoms with Crippen LogP contribution in [0.1, 0.15) is 71.3 Å². The molecular formula is C36H49N3O4Si. The molecule has 0 aliphatic rings. The fourth-order valence-electron chi connectivity index (χ4n) is 5.65. The number of aromatic nitrogens is 2. The van der Waals surface area contributed by atoms with E-state index in [0.29, 0.717) is 19.6 Å². The minimum absolute atomic E-state index is 0.165. The van der Waals surface area contributed by atoms with E-state index in [1.54, 1.807) is 6.20 Å². The summed E-state index contributed by atoms with van der Waals surface area (Å²) in [5.74, 6) is 0.805. The molecule has 0 aliphatic carbocycles. The minimum atomic E-state index is -2.01. The molecule has 2 atom stereocenters. The Morgan fingerprint density at radius 3 is 2.34 bits per heavy atom. The van der Waals surface area contributed by atoms with E-state index >= 15 is 0 Å². The number of carbonyl (C=O) groups excluding carboxylic acids is 1. The fourth-order valence-corrected chi connectivity index (χ4v) is 8.46. The summed E-state index contributed by atoms with van der Waals surface area (Å²) in [5, 5.41) is 1.08. The molecule has 0 aliphatic heterocycles. The van der Waals surface area contributed by atoms with Gasteiger partial charge in [0, 0.05) is 30.0 Å². The molecule has 44 heavy (non-hydrogen) atoms. The van der Waals surface area contributed by atoms with Gasteiger partial charge in [-0.1, -0.05) is 69.3 Å². The number of benzene rings is 2. The predicted molar refractivity (Wildman–Crippen MR) is 180 cm³/mol. The fraction of sp³-hybridized carbons (Fsp3) is 0.444. The van der Waals surface area contributed by atoms with Gasteiger partial charge in [-0.2, -0.15) is 0 Å². The molecule has 0 spiro atoms. The number of aromatic amines is 1. The number of nitrogens with one attached hydrogen (secondary N) is 1. The van der Waals surface area contributed by atoms with E-state index in [-0.39, 0.29) is 18.2 Å². The van der Waals surface area contributed by atoms with Crippen molar-refractivity contribution < 1.29 is 18.7 Å². The maximum Gasteiger partial charge on any atom is 0.410 e. The average Bonchev–Trinajstić information content (AvgIpc) is 3.43. The molecule has 2 aromatic carbocycles. The molecule has 4 aromatic rings. The van der Waals surface area contributed by atoms with Crippen LogP contribution in [-0.2, 0) is 22.2 Å². The van der Waals surface area contributed by atoms with Gasteiger partial charge >= 0.3 is 6.09 Å². The summed E-state index contributed by atoms with van der Waals surface area (Å²) in [4.78, 5) is 23.5. The lowest BCUT2D eigenvalue weighted by Gasteiger charge is -2.38. The lowest BCUT2D eigenvalue weighted by molar-refractivity contribution is 0.00698. The number of hydrogen-bond donors (Lipinski definition) is 1. The first kappa shape index (κ1) is 33.3. The van der Waals surface area contributed by atoms with Gasteiger partial charge in [-0.3, -0.25) is 4.98 Å². The van der Waals surface area contributed by atoms with Crippen molar-refractivity contribution in [3.8, 4) is 5.75 Å². The summed E-state index contributed by atoms with van der Waals surface area (Å²) < 4.78 is 19.2. The number of fused-ring (bicyclic) bond motifs is 1. The van der Waals surface area contributed by atoms with E-state index in [1.165, 1.54) is 0 Å². The summed E-state index contributed by atoms with van der Waals surface area (Å²) in [7, 11) is -2.01. The second-order valence-corrected chi connectivity index (χ2v) is 17.3. The number of amides is 1. The Labute approximate surface area is 264 Å². The van der Waals surface area contributed by atoms with Gasteiger partial charge < -0.3 is 23.8 Å². The van der Waals surface area contributed by atoms with Gasteiger partial charge in [0.15, 0.2) is 8.32 Å². The average molecular weight is 616 g/mol. The van der Waals surface area contributed by atoms with Crippen molar-refractivity contribution in [3.05, 3.63) is 95.9 Å². The van der Waals surface area contributed by atoms with Crippen molar-refractivity contribution in [2.24, 2.45) is 0 Å². The summed E-state index contributed by atoms with van der Waals surface area (Å²) >= 11 is 0. The van der Waals surface area contributed by atoms with Crippen LogP contribution in [0.2, 0.25) is 18.1 Å². The standard InChI is InChI=1S/C36H49N3O4Si/c1-8-44(9-2,10-3)43-33(29-18-15-21-37-23-29)25-39(35(40)42-36(5,6)7)27(4)22-30-24-38-34-31(30)19-14-20-32(34)41-26-28-16-12-11-13-17-28/h11-21,23-24,27,33,38H,8-10,22,25-26H2,1-7H3/t27-,33+/m1/s1. The molecule has 0 unspecified atom stereocenters. The van der Waals surface area contributed by atoms with Gasteiger partial charge in [-0.05, 0) is 81.1 Å².